The summed E-state index contributed by atoms with van der Waals surface area (Å²) in [6.45, 7) is 0.400. The quantitative estimate of drug-likeness (QED) is 0.542. The SMILES string of the molecule is CC1CC2C=CC1(C(=O)OCC(F)(F)F)C2. The third-order valence-corrected chi connectivity index (χ3v) is 3.55. The van der Waals surface area contributed by atoms with Crippen LogP contribution in [0.5, 0.6) is 0 Å². The van der Waals surface area contributed by atoms with Crippen LogP contribution in [-0.2, 0) is 9.53 Å². The fraction of sp³-hybridized carbons (Fsp3) is 0.727. The molecule has 2 nitrogen and oxygen atoms in total. The molecular weight excluding hydrogens is 221 g/mol. The van der Waals surface area contributed by atoms with Gasteiger partial charge in [-0.1, -0.05) is 19.1 Å². The fourth-order valence-electron chi connectivity index (χ4n) is 2.70. The van der Waals surface area contributed by atoms with Crippen LogP contribution in [0.3, 0.4) is 0 Å². The lowest BCUT2D eigenvalue weighted by atomic mass is 9.79. The number of rotatable bonds is 2. The van der Waals surface area contributed by atoms with Crippen LogP contribution >= 0.6 is 0 Å². The molecule has 90 valence electrons. The van der Waals surface area contributed by atoms with Crippen LogP contribution < -0.4 is 0 Å². The second-order valence-corrected chi connectivity index (χ2v) is 4.69. The van der Waals surface area contributed by atoms with Crippen LogP contribution in [0.4, 0.5) is 13.2 Å². The molecule has 0 aromatic rings. The third kappa shape index (κ3) is 1.83. The Hall–Kier alpha value is -1.00. The Kier molecular flexibility index (Phi) is 2.51. The smallest absolute Gasteiger partial charge is 0.422 e. The molecule has 0 N–H and O–H groups in total. The zero-order valence-corrected chi connectivity index (χ0v) is 8.88. The van der Waals surface area contributed by atoms with Crippen molar-refractivity contribution in [1.82, 2.24) is 0 Å². The van der Waals surface area contributed by atoms with Gasteiger partial charge in [0, 0.05) is 0 Å². The molecular formula is C11H13F3O2. The monoisotopic (exact) mass is 234 g/mol. The first-order valence-electron chi connectivity index (χ1n) is 5.27. The van der Waals surface area contributed by atoms with Crippen molar-refractivity contribution < 1.29 is 22.7 Å². The molecule has 2 aliphatic carbocycles. The van der Waals surface area contributed by atoms with Crippen LogP contribution in [0.25, 0.3) is 0 Å². The lowest BCUT2D eigenvalue weighted by molar-refractivity contribution is -0.192. The minimum Gasteiger partial charge on any atom is -0.455 e. The van der Waals surface area contributed by atoms with E-state index >= 15 is 0 Å². The van der Waals surface area contributed by atoms with E-state index in [1.54, 1.807) is 6.08 Å². The van der Waals surface area contributed by atoms with Crippen molar-refractivity contribution in [2.75, 3.05) is 6.61 Å². The van der Waals surface area contributed by atoms with Gasteiger partial charge in [-0.2, -0.15) is 13.2 Å². The van der Waals surface area contributed by atoms with Gasteiger partial charge >= 0.3 is 12.1 Å². The molecule has 0 aromatic heterocycles. The molecule has 1 fully saturated rings. The minimum absolute atomic E-state index is 0.0724. The Balaban J connectivity index is 2.02. The summed E-state index contributed by atoms with van der Waals surface area (Å²) in [7, 11) is 0. The lowest BCUT2D eigenvalue weighted by Crippen LogP contribution is -2.35. The summed E-state index contributed by atoms with van der Waals surface area (Å²) in [5, 5.41) is 0. The summed E-state index contributed by atoms with van der Waals surface area (Å²) in [5.41, 5.74) is -0.796. The molecule has 2 rings (SSSR count). The standard InChI is InChI=1S/C11H13F3O2/c1-7-4-8-2-3-10(7,5-8)9(15)16-6-11(12,13)14/h2-3,7-8H,4-6H2,1H3. The number of allylic oxidation sites excluding steroid dienone is 1. The Morgan fingerprint density at radius 1 is 1.56 bits per heavy atom. The fourth-order valence-corrected chi connectivity index (χ4v) is 2.70. The van der Waals surface area contributed by atoms with Gasteiger partial charge in [-0.3, -0.25) is 4.79 Å². The maximum absolute atomic E-state index is 11.9. The molecule has 5 heteroatoms. The summed E-state index contributed by atoms with van der Waals surface area (Å²) in [6.07, 6.45) is 0.651. The molecule has 2 aliphatic rings. The van der Waals surface area contributed by atoms with Crippen molar-refractivity contribution in [3.05, 3.63) is 12.2 Å². The molecule has 3 atom stereocenters. The Morgan fingerprint density at radius 2 is 2.25 bits per heavy atom. The van der Waals surface area contributed by atoms with Gasteiger partial charge in [0.15, 0.2) is 6.61 Å². The molecule has 16 heavy (non-hydrogen) atoms. The molecule has 0 aromatic carbocycles. The van der Waals surface area contributed by atoms with Crippen molar-refractivity contribution in [1.29, 1.82) is 0 Å². The highest BCUT2D eigenvalue weighted by Gasteiger charge is 2.53. The number of halogens is 3. The Morgan fingerprint density at radius 3 is 2.69 bits per heavy atom. The molecule has 2 bridgehead atoms. The van der Waals surface area contributed by atoms with E-state index in [0.29, 0.717) is 12.3 Å². The number of alkyl halides is 3. The number of esters is 1. The van der Waals surface area contributed by atoms with E-state index in [9.17, 15) is 18.0 Å². The van der Waals surface area contributed by atoms with Gasteiger partial charge in [-0.25, -0.2) is 0 Å². The number of carbonyl (C=O) groups is 1. The summed E-state index contributed by atoms with van der Waals surface area (Å²) < 4.78 is 40.2. The zero-order valence-electron chi connectivity index (χ0n) is 8.88. The number of fused-ring (bicyclic) bond motifs is 2. The highest BCUT2D eigenvalue weighted by atomic mass is 19.4. The summed E-state index contributed by atoms with van der Waals surface area (Å²) in [4.78, 5) is 11.7. The second-order valence-electron chi connectivity index (χ2n) is 4.69. The minimum atomic E-state index is -4.45. The molecule has 0 saturated heterocycles. The van der Waals surface area contributed by atoms with Crippen LogP contribution in [0.2, 0.25) is 0 Å². The van der Waals surface area contributed by atoms with E-state index in [1.165, 1.54) is 0 Å². The second kappa shape index (κ2) is 3.50. The van der Waals surface area contributed by atoms with E-state index in [-0.39, 0.29) is 5.92 Å². The normalized spacial score (nSPS) is 36.8. The van der Waals surface area contributed by atoms with Crippen molar-refractivity contribution in [3.8, 4) is 0 Å². The molecule has 0 aliphatic heterocycles. The lowest BCUT2D eigenvalue weighted by Gasteiger charge is -2.27. The van der Waals surface area contributed by atoms with Crippen molar-refractivity contribution in [2.45, 2.75) is 25.9 Å². The number of ether oxygens (including phenoxy) is 1. The first-order chi connectivity index (χ1) is 7.33. The van der Waals surface area contributed by atoms with Gasteiger partial charge in [0.05, 0.1) is 5.41 Å². The van der Waals surface area contributed by atoms with Gasteiger partial charge in [0.25, 0.3) is 0 Å². The number of carbonyl (C=O) groups excluding carboxylic acids is 1. The summed E-state index contributed by atoms with van der Waals surface area (Å²) >= 11 is 0. The molecule has 0 amide bonds. The van der Waals surface area contributed by atoms with E-state index in [2.05, 4.69) is 4.74 Å². The first kappa shape index (κ1) is 11.5. The summed E-state index contributed by atoms with van der Waals surface area (Å²) in [5.74, 6) is -0.328. The van der Waals surface area contributed by atoms with Crippen LogP contribution in [0.15, 0.2) is 12.2 Å². The Labute approximate surface area is 91.5 Å². The predicted molar refractivity (Wildman–Crippen MR) is 50.5 cm³/mol. The highest BCUT2D eigenvalue weighted by Crippen LogP contribution is 2.53. The van der Waals surface area contributed by atoms with Crippen molar-refractivity contribution >= 4 is 5.97 Å². The topological polar surface area (TPSA) is 26.3 Å². The van der Waals surface area contributed by atoms with Crippen molar-refractivity contribution in [3.63, 3.8) is 0 Å². The molecule has 0 heterocycles. The highest BCUT2D eigenvalue weighted by molar-refractivity contribution is 5.81. The maximum Gasteiger partial charge on any atom is 0.422 e. The van der Waals surface area contributed by atoms with Crippen molar-refractivity contribution in [2.24, 2.45) is 17.3 Å². The summed E-state index contributed by atoms with van der Waals surface area (Å²) in [6, 6.07) is 0. The molecule has 1 saturated carbocycles. The molecule has 0 spiro atoms. The molecule has 3 unspecified atom stereocenters. The van der Waals surface area contributed by atoms with Gasteiger partial charge in [-0.05, 0) is 24.7 Å². The number of hydrogen-bond acceptors (Lipinski definition) is 2. The largest absolute Gasteiger partial charge is 0.455 e. The van der Waals surface area contributed by atoms with E-state index in [1.807, 2.05) is 13.0 Å². The predicted octanol–water partition coefficient (Wildman–Crippen LogP) is 2.69. The molecule has 0 radical (unpaired) electrons. The average Bonchev–Trinajstić information content (AvgIpc) is 2.70. The van der Waals surface area contributed by atoms with E-state index < -0.39 is 24.2 Å². The average molecular weight is 234 g/mol. The first-order valence-corrected chi connectivity index (χ1v) is 5.27. The zero-order chi connectivity index (χ0) is 12.0. The van der Waals surface area contributed by atoms with E-state index in [4.69, 9.17) is 0 Å². The number of hydrogen-bond donors (Lipinski definition) is 0. The van der Waals surface area contributed by atoms with Crippen LogP contribution in [0, 0.1) is 17.3 Å². The van der Waals surface area contributed by atoms with Gasteiger partial charge in [0.1, 0.15) is 0 Å². The third-order valence-electron chi connectivity index (χ3n) is 3.55. The van der Waals surface area contributed by atoms with Gasteiger partial charge < -0.3 is 4.74 Å². The Bertz CT molecular complexity index is 335. The maximum atomic E-state index is 11.9. The van der Waals surface area contributed by atoms with Gasteiger partial charge in [-0.15, -0.1) is 0 Å². The van der Waals surface area contributed by atoms with Crippen LogP contribution in [0.1, 0.15) is 19.8 Å². The van der Waals surface area contributed by atoms with Gasteiger partial charge in [0.2, 0.25) is 0 Å². The van der Waals surface area contributed by atoms with E-state index in [0.717, 1.165) is 6.42 Å². The van der Waals surface area contributed by atoms with Crippen LogP contribution in [-0.4, -0.2) is 18.8 Å².